The summed E-state index contributed by atoms with van der Waals surface area (Å²) < 4.78 is 21.5. The largest absolute Gasteiger partial charge is 0.508 e. The Morgan fingerprint density at radius 1 is 1.04 bits per heavy atom. The molecule has 1 aliphatic heterocycles. The summed E-state index contributed by atoms with van der Waals surface area (Å²) in [6, 6.07) is 7.96. The number of aromatic hydroxyl groups is 1. The normalized spacial score (nSPS) is 14.7. The summed E-state index contributed by atoms with van der Waals surface area (Å²) in [5, 5.41) is 9.49. The third-order valence-corrected chi connectivity index (χ3v) is 3.91. The lowest BCUT2D eigenvalue weighted by Gasteiger charge is -2.19. The van der Waals surface area contributed by atoms with Crippen LogP contribution in [0.4, 0.5) is 0 Å². The minimum atomic E-state index is -0.144. The molecule has 0 radical (unpaired) electrons. The monoisotopic (exact) mass is 342 g/mol. The lowest BCUT2D eigenvalue weighted by atomic mass is 9.98. The van der Waals surface area contributed by atoms with Crippen LogP contribution in [0.25, 0.3) is 6.08 Å². The maximum Gasteiger partial charge on any atom is 0.203 e. The van der Waals surface area contributed by atoms with Gasteiger partial charge in [-0.1, -0.05) is 0 Å². The van der Waals surface area contributed by atoms with Crippen LogP contribution < -0.4 is 18.9 Å². The molecular formula is C19H18O6. The summed E-state index contributed by atoms with van der Waals surface area (Å²) in [5.41, 5.74) is 1.64. The fraction of sp³-hybridized carbons (Fsp3) is 0.211. The van der Waals surface area contributed by atoms with E-state index in [1.807, 2.05) is 0 Å². The highest BCUT2D eigenvalue weighted by molar-refractivity contribution is 6.14. The van der Waals surface area contributed by atoms with Gasteiger partial charge in [0.05, 0.1) is 26.9 Å². The van der Waals surface area contributed by atoms with E-state index < -0.39 is 0 Å². The Hall–Kier alpha value is -3.15. The second kappa shape index (κ2) is 6.76. The van der Waals surface area contributed by atoms with Crippen LogP contribution in [0.15, 0.2) is 35.9 Å². The Labute approximate surface area is 145 Å². The molecule has 0 saturated carbocycles. The molecule has 6 nitrogen and oxygen atoms in total. The molecule has 6 heteroatoms. The van der Waals surface area contributed by atoms with Crippen molar-refractivity contribution < 1.29 is 28.8 Å². The zero-order chi connectivity index (χ0) is 18.0. The van der Waals surface area contributed by atoms with Crippen molar-refractivity contribution in [1.29, 1.82) is 0 Å². The number of ketones is 1. The number of methoxy groups -OCH3 is 3. The number of phenols is 1. The highest BCUT2D eigenvalue weighted by Crippen LogP contribution is 2.39. The zero-order valence-corrected chi connectivity index (χ0v) is 14.2. The first kappa shape index (κ1) is 16.7. The van der Waals surface area contributed by atoms with Crippen molar-refractivity contribution in [2.45, 2.75) is 0 Å². The van der Waals surface area contributed by atoms with Gasteiger partial charge < -0.3 is 24.1 Å². The van der Waals surface area contributed by atoms with E-state index in [9.17, 15) is 9.90 Å². The fourth-order valence-electron chi connectivity index (χ4n) is 2.71. The Kier molecular flexibility index (Phi) is 4.52. The molecule has 0 fully saturated rings. The number of phenolic OH excluding ortho intramolecular Hbond substituents is 1. The van der Waals surface area contributed by atoms with Gasteiger partial charge in [0.2, 0.25) is 5.75 Å². The van der Waals surface area contributed by atoms with Crippen LogP contribution in [0, 0.1) is 0 Å². The third kappa shape index (κ3) is 3.10. The smallest absolute Gasteiger partial charge is 0.203 e. The van der Waals surface area contributed by atoms with Crippen LogP contribution >= 0.6 is 0 Å². The summed E-state index contributed by atoms with van der Waals surface area (Å²) in [5.74, 6) is 1.79. The van der Waals surface area contributed by atoms with Gasteiger partial charge in [-0.3, -0.25) is 4.79 Å². The molecule has 1 heterocycles. The van der Waals surface area contributed by atoms with Crippen LogP contribution in [0.3, 0.4) is 0 Å². The molecule has 3 rings (SSSR count). The molecule has 0 spiro atoms. The summed E-state index contributed by atoms with van der Waals surface area (Å²) in [6.07, 6.45) is 1.72. The van der Waals surface area contributed by atoms with Gasteiger partial charge in [-0.2, -0.15) is 0 Å². The second-order valence-corrected chi connectivity index (χ2v) is 5.43. The predicted octanol–water partition coefficient (Wildman–Crippen LogP) is 3.08. The number of rotatable bonds is 4. The standard InChI is InChI=1S/C19H18O6/c1-22-16-7-11(8-17(23-2)19(16)24-3)6-12-10-25-15-9-13(20)4-5-14(15)18(12)21/h4-9,20H,10H2,1-3H3/b12-6+. The van der Waals surface area contributed by atoms with E-state index in [1.54, 1.807) is 24.3 Å². The van der Waals surface area contributed by atoms with Crippen LogP contribution in [-0.4, -0.2) is 38.8 Å². The molecule has 0 bridgehead atoms. The van der Waals surface area contributed by atoms with Gasteiger partial charge in [0.25, 0.3) is 0 Å². The van der Waals surface area contributed by atoms with Crippen molar-refractivity contribution >= 4 is 11.9 Å². The molecule has 0 atom stereocenters. The van der Waals surface area contributed by atoms with Crippen LogP contribution in [0.2, 0.25) is 0 Å². The zero-order valence-electron chi connectivity index (χ0n) is 14.2. The van der Waals surface area contributed by atoms with Crippen molar-refractivity contribution in [2.24, 2.45) is 0 Å². The average Bonchev–Trinajstić information content (AvgIpc) is 2.63. The molecule has 25 heavy (non-hydrogen) atoms. The molecule has 0 unspecified atom stereocenters. The molecule has 2 aromatic rings. The number of hydrogen-bond donors (Lipinski definition) is 1. The Morgan fingerprint density at radius 2 is 1.72 bits per heavy atom. The van der Waals surface area contributed by atoms with E-state index in [0.717, 1.165) is 5.56 Å². The van der Waals surface area contributed by atoms with E-state index in [2.05, 4.69) is 0 Å². The summed E-state index contributed by atoms with van der Waals surface area (Å²) >= 11 is 0. The van der Waals surface area contributed by atoms with E-state index in [0.29, 0.717) is 34.1 Å². The van der Waals surface area contributed by atoms with Crippen molar-refractivity contribution in [3.8, 4) is 28.7 Å². The summed E-state index contributed by atoms with van der Waals surface area (Å²) in [4.78, 5) is 12.6. The van der Waals surface area contributed by atoms with Gasteiger partial charge in [-0.05, 0) is 35.9 Å². The molecule has 1 N–H and O–H groups in total. The topological polar surface area (TPSA) is 74.2 Å². The number of carbonyl (C=O) groups is 1. The van der Waals surface area contributed by atoms with Crippen molar-refractivity contribution in [2.75, 3.05) is 27.9 Å². The Morgan fingerprint density at radius 3 is 2.32 bits per heavy atom. The van der Waals surface area contributed by atoms with Gasteiger partial charge in [0, 0.05) is 11.6 Å². The molecule has 0 aromatic heterocycles. The number of carbonyl (C=O) groups excluding carboxylic acids is 1. The number of benzene rings is 2. The summed E-state index contributed by atoms with van der Waals surface area (Å²) in [6.45, 7) is 0.117. The lowest BCUT2D eigenvalue weighted by Crippen LogP contribution is -2.18. The van der Waals surface area contributed by atoms with Crippen LogP contribution in [-0.2, 0) is 0 Å². The fourth-order valence-corrected chi connectivity index (χ4v) is 2.71. The molecule has 2 aromatic carbocycles. The van der Waals surface area contributed by atoms with Crippen LogP contribution in [0.1, 0.15) is 15.9 Å². The van der Waals surface area contributed by atoms with E-state index in [4.69, 9.17) is 18.9 Å². The third-order valence-electron chi connectivity index (χ3n) is 3.91. The minimum Gasteiger partial charge on any atom is -0.508 e. The average molecular weight is 342 g/mol. The minimum absolute atomic E-state index is 0.0589. The van der Waals surface area contributed by atoms with Gasteiger partial charge in [-0.25, -0.2) is 0 Å². The molecule has 130 valence electrons. The first-order chi connectivity index (χ1) is 12.1. The number of ether oxygens (including phenoxy) is 4. The molecule has 0 aliphatic carbocycles. The first-order valence-corrected chi connectivity index (χ1v) is 7.58. The van der Waals surface area contributed by atoms with E-state index >= 15 is 0 Å². The second-order valence-electron chi connectivity index (χ2n) is 5.43. The van der Waals surface area contributed by atoms with Crippen molar-refractivity contribution in [3.05, 3.63) is 47.0 Å². The Balaban J connectivity index is 2.01. The van der Waals surface area contributed by atoms with Gasteiger partial charge >= 0.3 is 0 Å². The quantitative estimate of drug-likeness (QED) is 0.861. The van der Waals surface area contributed by atoms with Crippen LogP contribution in [0.5, 0.6) is 28.7 Å². The number of hydrogen-bond acceptors (Lipinski definition) is 6. The maximum atomic E-state index is 12.6. The Bertz CT molecular complexity index is 828. The van der Waals surface area contributed by atoms with Gasteiger partial charge in [-0.15, -0.1) is 0 Å². The first-order valence-electron chi connectivity index (χ1n) is 7.58. The van der Waals surface area contributed by atoms with Crippen molar-refractivity contribution in [3.63, 3.8) is 0 Å². The molecule has 1 aliphatic rings. The maximum absolute atomic E-state index is 12.6. The molecule has 0 saturated heterocycles. The highest BCUT2D eigenvalue weighted by atomic mass is 16.5. The highest BCUT2D eigenvalue weighted by Gasteiger charge is 2.24. The van der Waals surface area contributed by atoms with Crippen molar-refractivity contribution in [1.82, 2.24) is 0 Å². The predicted molar refractivity (Wildman–Crippen MR) is 92.0 cm³/mol. The summed E-state index contributed by atoms with van der Waals surface area (Å²) in [7, 11) is 4.60. The number of Topliss-reactive ketones (excluding diaryl/α,β-unsaturated/α-hetero) is 1. The lowest BCUT2D eigenvalue weighted by molar-refractivity contribution is 0.100. The van der Waals surface area contributed by atoms with Gasteiger partial charge in [0.1, 0.15) is 18.1 Å². The van der Waals surface area contributed by atoms with E-state index in [-0.39, 0.29) is 18.1 Å². The van der Waals surface area contributed by atoms with E-state index in [1.165, 1.54) is 33.5 Å². The number of fused-ring (bicyclic) bond motifs is 1. The molecular weight excluding hydrogens is 324 g/mol. The molecule has 0 amide bonds. The SMILES string of the molecule is COc1cc(/C=C2\COc3cc(O)ccc3C2=O)cc(OC)c1OC. The van der Waals surface area contributed by atoms with Gasteiger partial charge in [0.15, 0.2) is 17.3 Å².